The van der Waals surface area contributed by atoms with Gasteiger partial charge < -0.3 is 14.2 Å². The van der Waals surface area contributed by atoms with Crippen LogP contribution < -0.4 is 9.47 Å². The lowest BCUT2D eigenvalue weighted by Crippen LogP contribution is -2.31. The first-order chi connectivity index (χ1) is 20.7. The molecule has 1 fully saturated rings. The van der Waals surface area contributed by atoms with Gasteiger partial charge in [0.15, 0.2) is 0 Å². The van der Waals surface area contributed by atoms with Gasteiger partial charge in [0.25, 0.3) is 0 Å². The van der Waals surface area contributed by atoms with Crippen LogP contribution in [-0.2, 0) is 23.6 Å². The summed E-state index contributed by atoms with van der Waals surface area (Å²) < 4.78 is 149. The van der Waals surface area contributed by atoms with Crippen LogP contribution in [0, 0.1) is 5.82 Å². The van der Waals surface area contributed by atoms with Crippen molar-refractivity contribution in [1.82, 2.24) is 4.90 Å². The van der Waals surface area contributed by atoms with Gasteiger partial charge in [0.1, 0.15) is 23.4 Å². The summed E-state index contributed by atoms with van der Waals surface area (Å²) in [5.74, 6) is -1.62. The third-order valence-electron chi connectivity index (χ3n) is 7.21. The second kappa shape index (κ2) is 12.0. The molecule has 1 aliphatic heterocycles. The number of halogens is 10. The Hall–Kier alpha value is -4.17. The molecule has 0 aromatic heterocycles. The van der Waals surface area contributed by atoms with E-state index in [-0.39, 0.29) is 40.0 Å². The second-order valence-corrected chi connectivity index (χ2v) is 10.6. The van der Waals surface area contributed by atoms with Crippen molar-refractivity contribution >= 4 is 6.09 Å². The summed E-state index contributed by atoms with van der Waals surface area (Å²) in [7, 11) is 1.24. The Morgan fingerprint density at radius 2 is 1.47 bits per heavy atom. The van der Waals surface area contributed by atoms with Gasteiger partial charge in [0.2, 0.25) is 0 Å². The van der Waals surface area contributed by atoms with E-state index < -0.39 is 71.8 Å². The molecule has 0 N–H and O–H groups in total. The number of ether oxygens (including phenoxy) is 3. The monoisotopic (exact) mass is 653 g/mol. The summed E-state index contributed by atoms with van der Waals surface area (Å²) >= 11 is 0. The molecule has 3 aromatic carbocycles. The van der Waals surface area contributed by atoms with E-state index in [1.807, 2.05) is 0 Å². The Balaban J connectivity index is 1.81. The molecule has 1 aliphatic rings. The SMILES string of the molecule is COc1cc(F)c(C(C)C)cc1-c1ccc(OC(F)(F)F)cc1CN1C(=O)OC(c2cc(C(F)(F)F)cc(C(F)(F)F)c2)C1C. The van der Waals surface area contributed by atoms with Crippen LogP contribution in [0.2, 0.25) is 0 Å². The standard InChI is InChI=1S/C30H25F10NO4/c1-14(2)22-11-23(25(43-4)12-24(22)31)21-6-5-20(45-30(38,39)40)9-17(21)13-41-15(3)26(44-27(41)42)16-7-18(28(32,33)34)10-19(8-16)29(35,36)37/h5-12,14-15,26H,13H2,1-4H3. The highest BCUT2D eigenvalue weighted by molar-refractivity contribution is 5.77. The van der Waals surface area contributed by atoms with Gasteiger partial charge in [-0.15, -0.1) is 13.2 Å². The molecule has 0 radical (unpaired) electrons. The summed E-state index contributed by atoms with van der Waals surface area (Å²) in [5.41, 5.74) is -3.15. The normalized spacial score (nSPS) is 17.6. The smallest absolute Gasteiger partial charge is 0.496 e. The topological polar surface area (TPSA) is 48.0 Å². The maximum Gasteiger partial charge on any atom is 0.573 e. The Kier molecular flexibility index (Phi) is 8.97. The van der Waals surface area contributed by atoms with Crippen LogP contribution in [0.25, 0.3) is 11.1 Å². The van der Waals surface area contributed by atoms with Gasteiger partial charge in [-0.1, -0.05) is 19.9 Å². The molecule has 1 heterocycles. The van der Waals surface area contributed by atoms with Crippen molar-refractivity contribution in [3.05, 3.63) is 82.2 Å². The zero-order valence-electron chi connectivity index (χ0n) is 23.9. The lowest BCUT2D eigenvalue weighted by atomic mass is 9.92. The molecule has 0 aliphatic carbocycles. The molecule has 5 nitrogen and oxygen atoms in total. The van der Waals surface area contributed by atoms with Gasteiger partial charge in [0, 0.05) is 11.6 Å². The first-order valence-corrected chi connectivity index (χ1v) is 13.2. The van der Waals surface area contributed by atoms with Crippen LogP contribution in [0.15, 0.2) is 48.5 Å². The largest absolute Gasteiger partial charge is 0.573 e. The van der Waals surface area contributed by atoms with E-state index in [0.717, 1.165) is 23.1 Å². The Morgan fingerprint density at radius 1 is 0.867 bits per heavy atom. The number of carbonyl (C=O) groups is 1. The number of rotatable bonds is 7. The minimum Gasteiger partial charge on any atom is -0.496 e. The zero-order chi connectivity index (χ0) is 33.6. The fourth-order valence-electron chi connectivity index (χ4n) is 5.04. The van der Waals surface area contributed by atoms with Crippen LogP contribution in [0.4, 0.5) is 48.7 Å². The third kappa shape index (κ3) is 7.39. The van der Waals surface area contributed by atoms with Gasteiger partial charge in [-0.2, -0.15) is 26.3 Å². The summed E-state index contributed by atoms with van der Waals surface area (Å²) in [6.45, 7) is 4.18. The number of amides is 1. The van der Waals surface area contributed by atoms with Crippen molar-refractivity contribution in [1.29, 1.82) is 0 Å². The fourth-order valence-corrected chi connectivity index (χ4v) is 5.04. The summed E-state index contributed by atoms with van der Waals surface area (Å²) in [6.07, 6.45) is -18.2. The predicted octanol–water partition coefficient (Wildman–Crippen LogP) is 9.64. The van der Waals surface area contributed by atoms with E-state index in [0.29, 0.717) is 12.1 Å². The number of hydrogen-bond donors (Lipinski definition) is 0. The highest BCUT2D eigenvalue weighted by atomic mass is 19.4. The molecule has 0 bridgehead atoms. The summed E-state index contributed by atoms with van der Waals surface area (Å²) in [6, 6.07) is 5.30. The quantitative estimate of drug-likeness (QED) is 0.238. The minimum absolute atomic E-state index is 0.000775. The second-order valence-electron chi connectivity index (χ2n) is 10.6. The summed E-state index contributed by atoms with van der Waals surface area (Å²) in [4.78, 5) is 13.9. The van der Waals surface area contributed by atoms with E-state index in [1.54, 1.807) is 13.8 Å². The first kappa shape index (κ1) is 33.7. The van der Waals surface area contributed by atoms with Crippen molar-refractivity contribution in [2.45, 2.75) is 64.1 Å². The molecule has 1 amide bonds. The van der Waals surface area contributed by atoms with Gasteiger partial charge in [-0.05, 0) is 71.5 Å². The zero-order valence-corrected chi connectivity index (χ0v) is 23.9. The predicted molar refractivity (Wildman–Crippen MR) is 140 cm³/mol. The van der Waals surface area contributed by atoms with Crippen molar-refractivity contribution in [2.24, 2.45) is 0 Å². The molecule has 15 heteroatoms. The molecule has 0 spiro atoms. The van der Waals surface area contributed by atoms with Crippen LogP contribution in [0.3, 0.4) is 0 Å². The number of benzene rings is 3. The van der Waals surface area contributed by atoms with E-state index in [2.05, 4.69) is 4.74 Å². The molecule has 4 rings (SSSR count). The number of nitrogens with zero attached hydrogens (tertiary/aromatic N) is 1. The number of hydrogen-bond acceptors (Lipinski definition) is 4. The van der Waals surface area contributed by atoms with Gasteiger partial charge in [0.05, 0.1) is 30.8 Å². The number of methoxy groups -OCH3 is 1. The number of alkyl halides is 9. The maximum atomic E-state index is 14.7. The van der Waals surface area contributed by atoms with Gasteiger partial charge in [-0.3, -0.25) is 4.90 Å². The van der Waals surface area contributed by atoms with Crippen molar-refractivity contribution < 1.29 is 62.9 Å². The summed E-state index contributed by atoms with van der Waals surface area (Å²) in [5, 5.41) is 0. The van der Waals surface area contributed by atoms with E-state index in [9.17, 15) is 48.7 Å². The lowest BCUT2D eigenvalue weighted by molar-refractivity contribution is -0.274. The molecule has 45 heavy (non-hydrogen) atoms. The highest BCUT2D eigenvalue weighted by Gasteiger charge is 2.43. The number of carbonyl (C=O) groups excluding carboxylic acids is 1. The Morgan fingerprint density at radius 3 is 1.98 bits per heavy atom. The van der Waals surface area contributed by atoms with E-state index in [1.165, 1.54) is 26.2 Å². The van der Waals surface area contributed by atoms with Crippen molar-refractivity contribution in [3.63, 3.8) is 0 Å². The number of cyclic esters (lactones) is 1. The Bertz CT molecular complexity index is 1550. The molecular formula is C30H25F10NO4. The van der Waals surface area contributed by atoms with Crippen molar-refractivity contribution in [2.75, 3.05) is 7.11 Å². The Labute approximate surface area is 250 Å². The first-order valence-electron chi connectivity index (χ1n) is 13.2. The molecular weight excluding hydrogens is 628 g/mol. The van der Waals surface area contributed by atoms with E-state index >= 15 is 0 Å². The van der Waals surface area contributed by atoms with Gasteiger partial charge >= 0.3 is 24.8 Å². The highest BCUT2D eigenvalue weighted by Crippen LogP contribution is 2.43. The maximum absolute atomic E-state index is 14.7. The minimum atomic E-state index is -5.15. The van der Waals surface area contributed by atoms with E-state index in [4.69, 9.17) is 9.47 Å². The van der Waals surface area contributed by atoms with Gasteiger partial charge in [-0.25, -0.2) is 9.18 Å². The van der Waals surface area contributed by atoms with Crippen LogP contribution in [0.1, 0.15) is 60.6 Å². The molecule has 1 saturated heterocycles. The fraction of sp³-hybridized carbons (Fsp3) is 0.367. The molecule has 0 saturated carbocycles. The molecule has 244 valence electrons. The van der Waals surface area contributed by atoms with Crippen LogP contribution in [-0.4, -0.2) is 30.5 Å². The third-order valence-corrected chi connectivity index (χ3v) is 7.21. The average molecular weight is 654 g/mol. The van der Waals surface area contributed by atoms with Crippen LogP contribution >= 0.6 is 0 Å². The average Bonchev–Trinajstić information content (AvgIpc) is 3.19. The lowest BCUT2D eigenvalue weighted by Gasteiger charge is -2.24. The van der Waals surface area contributed by atoms with Crippen LogP contribution in [0.5, 0.6) is 11.5 Å². The van der Waals surface area contributed by atoms with Crippen molar-refractivity contribution in [3.8, 4) is 22.6 Å². The molecule has 2 atom stereocenters. The molecule has 3 aromatic rings. The molecule has 2 unspecified atom stereocenters.